The van der Waals surface area contributed by atoms with Gasteiger partial charge in [-0.15, -0.1) is 0 Å². The summed E-state index contributed by atoms with van der Waals surface area (Å²) >= 11 is 0. The fourth-order valence-electron chi connectivity index (χ4n) is 4.69. The second kappa shape index (κ2) is 9.58. The van der Waals surface area contributed by atoms with Crippen molar-refractivity contribution in [2.75, 3.05) is 33.9 Å². The maximum atomic E-state index is 13.5. The van der Waals surface area contributed by atoms with E-state index < -0.39 is 5.92 Å². The number of benzene rings is 3. The Hall–Kier alpha value is -3.45. The average Bonchev–Trinajstić information content (AvgIpc) is 2.82. The minimum absolute atomic E-state index is 0.0436. The van der Waals surface area contributed by atoms with E-state index in [1.165, 1.54) is 20.3 Å². The van der Waals surface area contributed by atoms with Gasteiger partial charge in [-0.05, 0) is 23.8 Å². The lowest BCUT2D eigenvalue weighted by molar-refractivity contribution is -0.132. The number of phenols is 2. The third kappa shape index (κ3) is 4.54. The van der Waals surface area contributed by atoms with Gasteiger partial charge < -0.3 is 29.9 Å². The first-order valence-corrected chi connectivity index (χ1v) is 11.1. The molecular formula is C26H30N2O5. The lowest BCUT2D eigenvalue weighted by Gasteiger charge is -2.33. The first kappa shape index (κ1) is 22.7. The van der Waals surface area contributed by atoms with Crippen LogP contribution in [0, 0.1) is 0 Å². The molecule has 0 saturated carbocycles. The number of amides is 1. The quantitative estimate of drug-likeness (QED) is 0.532. The van der Waals surface area contributed by atoms with Gasteiger partial charge >= 0.3 is 0 Å². The highest BCUT2D eigenvalue weighted by Crippen LogP contribution is 2.47. The summed E-state index contributed by atoms with van der Waals surface area (Å²) in [6.07, 6.45) is 0.0739. The van der Waals surface area contributed by atoms with Crippen LogP contribution in [0.5, 0.6) is 23.0 Å². The molecule has 1 heterocycles. The molecule has 0 radical (unpaired) electrons. The number of hydrogen-bond donors (Lipinski definition) is 3. The molecule has 3 N–H and O–H groups in total. The fraction of sp³-hybridized carbons (Fsp3) is 0.346. The van der Waals surface area contributed by atoms with Crippen molar-refractivity contribution in [2.45, 2.75) is 25.3 Å². The number of carbonyl (C=O) groups is 1. The molecule has 4 rings (SSSR count). The summed E-state index contributed by atoms with van der Waals surface area (Å²) < 4.78 is 10.9. The van der Waals surface area contributed by atoms with E-state index in [1.807, 2.05) is 42.2 Å². The van der Waals surface area contributed by atoms with Gasteiger partial charge in [-0.2, -0.15) is 0 Å². The zero-order valence-corrected chi connectivity index (χ0v) is 19.2. The molecule has 7 nitrogen and oxygen atoms in total. The number of carbonyl (C=O) groups excluding carboxylic acids is 1. The van der Waals surface area contributed by atoms with Crippen molar-refractivity contribution in [1.82, 2.24) is 10.2 Å². The number of ether oxygens (including phenoxy) is 2. The minimum Gasteiger partial charge on any atom is -0.508 e. The van der Waals surface area contributed by atoms with E-state index in [0.717, 1.165) is 17.3 Å². The van der Waals surface area contributed by atoms with Crippen LogP contribution in [0.25, 0.3) is 10.8 Å². The highest BCUT2D eigenvalue weighted by molar-refractivity contribution is 5.90. The third-order valence-corrected chi connectivity index (χ3v) is 6.29. The van der Waals surface area contributed by atoms with Crippen molar-refractivity contribution in [3.8, 4) is 23.0 Å². The Morgan fingerprint density at radius 1 is 1.09 bits per heavy atom. The smallest absolute Gasteiger partial charge is 0.223 e. The van der Waals surface area contributed by atoms with Crippen LogP contribution in [-0.2, 0) is 4.79 Å². The number of nitrogens with one attached hydrogen (secondary N) is 1. The Morgan fingerprint density at radius 3 is 2.61 bits per heavy atom. The van der Waals surface area contributed by atoms with Crippen molar-refractivity contribution in [3.05, 3.63) is 59.7 Å². The van der Waals surface area contributed by atoms with E-state index in [2.05, 4.69) is 5.32 Å². The van der Waals surface area contributed by atoms with Crippen LogP contribution in [0.4, 0.5) is 0 Å². The number of nitrogens with zero attached hydrogens (tertiary/aromatic N) is 1. The molecule has 3 aromatic rings. The normalized spacial score (nSPS) is 17.1. The zero-order valence-electron chi connectivity index (χ0n) is 19.2. The van der Waals surface area contributed by atoms with Gasteiger partial charge in [-0.3, -0.25) is 4.79 Å². The number of hydrogen-bond acceptors (Lipinski definition) is 6. The molecule has 3 aromatic carbocycles. The summed E-state index contributed by atoms with van der Waals surface area (Å²) in [6, 6.07) is 14.6. The number of methoxy groups -OCH3 is 2. The Labute approximate surface area is 193 Å². The number of phenolic OH excluding ortho intramolecular Hbond substituents is 2. The van der Waals surface area contributed by atoms with Gasteiger partial charge in [0.1, 0.15) is 23.0 Å². The molecular weight excluding hydrogens is 420 g/mol. The van der Waals surface area contributed by atoms with Gasteiger partial charge in [0.2, 0.25) is 5.91 Å². The van der Waals surface area contributed by atoms with Gasteiger partial charge in [0, 0.05) is 61.3 Å². The van der Waals surface area contributed by atoms with Crippen molar-refractivity contribution in [3.63, 3.8) is 0 Å². The predicted molar refractivity (Wildman–Crippen MR) is 127 cm³/mol. The molecule has 1 aliphatic rings. The zero-order chi connectivity index (χ0) is 23.5. The van der Waals surface area contributed by atoms with Crippen molar-refractivity contribution in [2.24, 2.45) is 0 Å². The van der Waals surface area contributed by atoms with E-state index >= 15 is 0 Å². The summed E-state index contributed by atoms with van der Waals surface area (Å²) in [5.41, 5.74) is 1.03. The molecule has 2 atom stereocenters. The predicted octanol–water partition coefficient (Wildman–Crippen LogP) is 3.61. The van der Waals surface area contributed by atoms with Crippen LogP contribution in [0.15, 0.2) is 48.5 Å². The summed E-state index contributed by atoms with van der Waals surface area (Å²) in [6.45, 7) is 4.00. The van der Waals surface area contributed by atoms with Crippen LogP contribution >= 0.6 is 0 Å². The van der Waals surface area contributed by atoms with E-state index in [4.69, 9.17) is 9.47 Å². The van der Waals surface area contributed by atoms with Gasteiger partial charge in [0.25, 0.3) is 0 Å². The summed E-state index contributed by atoms with van der Waals surface area (Å²) in [4.78, 5) is 15.3. The molecule has 0 spiro atoms. The first-order chi connectivity index (χ1) is 15.9. The Bertz CT molecular complexity index is 1160. The molecule has 33 heavy (non-hydrogen) atoms. The highest BCUT2D eigenvalue weighted by atomic mass is 16.5. The summed E-state index contributed by atoms with van der Waals surface area (Å²) in [5, 5.41) is 27.1. The Kier molecular flexibility index (Phi) is 6.60. The number of aromatic hydroxyl groups is 2. The van der Waals surface area contributed by atoms with Crippen LogP contribution in [0.3, 0.4) is 0 Å². The third-order valence-electron chi connectivity index (χ3n) is 6.29. The minimum atomic E-state index is -0.630. The lowest BCUT2D eigenvalue weighted by atomic mass is 9.83. The van der Waals surface area contributed by atoms with Gasteiger partial charge in [-0.1, -0.05) is 30.3 Å². The molecule has 174 valence electrons. The molecule has 0 bridgehead atoms. The van der Waals surface area contributed by atoms with Crippen LogP contribution in [0.1, 0.15) is 30.4 Å². The van der Waals surface area contributed by atoms with Crippen LogP contribution < -0.4 is 14.8 Å². The number of rotatable bonds is 6. The molecule has 7 heteroatoms. The lowest BCUT2D eigenvalue weighted by Crippen LogP contribution is -2.51. The Balaban J connectivity index is 1.88. The second-order valence-corrected chi connectivity index (χ2v) is 8.43. The number of fused-ring (bicyclic) bond motifs is 1. The summed E-state index contributed by atoms with van der Waals surface area (Å²) in [5.74, 6) is 0.178. The van der Waals surface area contributed by atoms with Crippen molar-refractivity contribution >= 4 is 16.7 Å². The second-order valence-electron chi connectivity index (χ2n) is 8.43. The maximum absolute atomic E-state index is 13.5. The Morgan fingerprint density at radius 2 is 1.88 bits per heavy atom. The van der Waals surface area contributed by atoms with Crippen LogP contribution in [-0.4, -0.2) is 60.9 Å². The summed E-state index contributed by atoms with van der Waals surface area (Å²) in [7, 11) is 3.02. The van der Waals surface area contributed by atoms with Crippen molar-refractivity contribution in [1.29, 1.82) is 0 Å². The van der Waals surface area contributed by atoms with Crippen molar-refractivity contribution < 1.29 is 24.5 Å². The molecule has 1 amide bonds. The SMILES string of the molecule is COc1cc(O)c(C(CC(=O)N2CCNC(C)C2)c2c(O)ccc3ccccc23)c(OC)c1. The van der Waals surface area contributed by atoms with Gasteiger partial charge in [-0.25, -0.2) is 0 Å². The average molecular weight is 451 g/mol. The molecule has 1 saturated heterocycles. The van der Waals surface area contributed by atoms with E-state index in [1.54, 1.807) is 12.1 Å². The van der Waals surface area contributed by atoms with E-state index in [-0.39, 0.29) is 29.9 Å². The molecule has 1 fully saturated rings. The largest absolute Gasteiger partial charge is 0.508 e. The molecule has 0 aromatic heterocycles. The highest BCUT2D eigenvalue weighted by Gasteiger charge is 2.31. The van der Waals surface area contributed by atoms with Crippen LogP contribution in [0.2, 0.25) is 0 Å². The van der Waals surface area contributed by atoms with E-state index in [0.29, 0.717) is 35.7 Å². The monoisotopic (exact) mass is 450 g/mol. The molecule has 0 aliphatic carbocycles. The van der Waals surface area contributed by atoms with Gasteiger partial charge in [0.05, 0.1) is 14.2 Å². The topological polar surface area (TPSA) is 91.3 Å². The fourth-order valence-corrected chi connectivity index (χ4v) is 4.69. The number of piperazine rings is 1. The first-order valence-electron chi connectivity index (χ1n) is 11.1. The molecule has 2 unspecified atom stereocenters. The molecule has 1 aliphatic heterocycles. The van der Waals surface area contributed by atoms with E-state index in [9.17, 15) is 15.0 Å². The van der Waals surface area contributed by atoms with Gasteiger partial charge in [0.15, 0.2) is 0 Å². The maximum Gasteiger partial charge on any atom is 0.223 e. The standard InChI is InChI=1S/C26H30N2O5/c1-16-15-28(11-10-27-16)24(31)14-20(26-22(30)12-18(32-2)13-23(26)33-3)25-19-7-5-4-6-17(19)8-9-21(25)29/h4-9,12-13,16,20,27,29-30H,10-11,14-15H2,1-3H3.